The Bertz CT molecular complexity index is 1570. The average Bonchev–Trinajstić information content (AvgIpc) is 3.74. The fourth-order valence-corrected chi connectivity index (χ4v) is 6.99. The second-order valence-electron chi connectivity index (χ2n) is 10.7. The second kappa shape index (κ2) is 11.9. The molecule has 1 amide bonds. The minimum absolute atomic E-state index is 0.120. The smallest absolute Gasteiger partial charge is 0.222 e. The lowest BCUT2D eigenvalue weighted by Gasteiger charge is -2.18. The maximum atomic E-state index is 14.1. The molecule has 3 aromatic carbocycles. The van der Waals surface area contributed by atoms with E-state index in [1.807, 2.05) is 41.3 Å². The van der Waals surface area contributed by atoms with Crippen molar-refractivity contribution < 1.29 is 24.2 Å². The second-order valence-corrected chi connectivity index (χ2v) is 11.7. The van der Waals surface area contributed by atoms with Crippen LogP contribution in [0, 0.1) is 0 Å². The highest BCUT2D eigenvalue weighted by molar-refractivity contribution is 7.22. The van der Waals surface area contributed by atoms with Crippen LogP contribution >= 0.6 is 11.3 Å². The van der Waals surface area contributed by atoms with Gasteiger partial charge in [-0.3, -0.25) is 14.5 Å². The number of fused-ring (bicyclic) bond motifs is 1. The number of nitrogens with zero attached hydrogens (tertiary/aromatic N) is 2. The fourth-order valence-electron chi connectivity index (χ4n) is 5.75. The number of amides is 1. The van der Waals surface area contributed by atoms with Gasteiger partial charge in [-0.05, 0) is 86.4 Å². The van der Waals surface area contributed by atoms with Crippen LogP contribution in [-0.2, 0) is 11.3 Å². The zero-order valence-corrected chi connectivity index (χ0v) is 24.0. The van der Waals surface area contributed by atoms with Crippen LogP contribution in [0.2, 0.25) is 0 Å². The molecule has 8 heteroatoms. The topological polar surface area (TPSA) is 79.3 Å². The van der Waals surface area contributed by atoms with Crippen LogP contribution in [-0.4, -0.2) is 66.5 Å². The highest BCUT2D eigenvalue weighted by Gasteiger charge is 2.25. The molecule has 0 aliphatic carbocycles. The van der Waals surface area contributed by atoms with E-state index in [1.165, 1.54) is 24.2 Å². The van der Waals surface area contributed by atoms with Gasteiger partial charge < -0.3 is 19.5 Å². The maximum Gasteiger partial charge on any atom is 0.222 e. The molecule has 1 aromatic heterocycles. The molecule has 2 aliphatic heterocycles. The summed E-state index contributed by atoms with van der Waals surface area (Å²) in [5.74, 6) is 1.58. The zero-order chi connectivity index (χ0) is 28.3. The van der Waals surface area contributed by atoms with E-state index in [-0.39, 0.29) is 17.4 Å². The molecule has 1 N–H and O–H groups in total. The number of phenolic OH excluding ortho intramolecular Hbond substituents is 1. The van der Waals surface area contributed by atoms with Gasteiger partial charge in [-0.15, -0.1) is 11.3 Å². The summed E-state index contributed by atoms with van der Waals surface area (Å²) in [5.41, 5.74) is 2.89. The standard InChI is InChI=1S/C33H34N2O5S/c1-39-28-19-23(6-7-24(28)21-35-16-4-5-30(35)37)32(38)31-27-13-10-25(36)20-29(27)41-33(31)22-8-11-26(12-9-22)40-18-17-34-14-2-3-15-34/h6-13,19-20,36H,2-5,14-18,21H2,1H3. The molecule has 2 aliphatic rings. The number of aromatic hydroxyl groups is 1. The van der Waals surface area contributed by atoms with Crippen molar-refractivity contribution in [1.82, 2.24) is 9.80 Å². The molecule has 0 radical (unpaired) electrons. The molecule has 2 fully saturated rings. The number of rotatable bonds is 10. The molecule has 0 spiro atoms. The Morgan fingerprint density at radius 3 is 2.51 bits per heavy atom. The largest absolute Gasteiger partial charge is 0.508 e. The SMILES string of the molecule is COc1cc(C(=O)c2c(-c3ccc(OCCN4CCCC4)cc3)sc3cc(O)ccc23)ccc1CN1CCCC1=O. The Labute approximate surface area is 243 Å². The van der Waals surface area contributed by atoms with Gasteiger partial charge in [0.25, 0.3) is 0 Å². The van der Waals surface area contributed by atoms with Gasteiger partial charge in [0, 0.05) is 57.7 Å². The lowest BCUT2D eigenvalue weighted by Crippen LogP contribution is -2.25. The van der Waals surface area contributed by atoms with Crippen LogP contribution in [0.15, 0.2) is 60.7 Å². The van der Waals surface area contributed by atoms with Crippen molar-refractivity contribution in [2.24, 2.45) is 0 Å². The van der Waals surface area contributed by atoms with E-state index in [2.05, 4.69) is 4.90 Å². The van der Waals surface area contributed by atoms with E-state index in [0.29, 0.717) is 36.4 Å². The first-order chi connectivity index (χ1) is 20.0. The quantitative estimate of drug-likeness (QED) is 0.232. The van der Waals surface area contributed by atoms with E-state index in [0.717, 1.165) is 64.4 Å². The van der Waals surface area contributed by atoms with Crippen LogP contribution in [0.4, 0.5) is 0 Å². The summed E-state index contributed by atoms with van der Waals surface area (Å²) in [4.78, 5) is 31.4. The highest BCUT2D eigenvalue weighted by Crippen LogP contribution is 2.42. The number of benzene rings is 3. The first-order valence-corrected chi connectivity index (χ1v) is 15.0. The Morgan fingerprint density at radius 1 is 0.976 bits per heavy atom. The number of methoxy groups -OCH3 is 1. The first kappa shape index (κ1) is 27.3. The molecule has 7 nitrogen and oxygen atoms in total. The highest BCUT2D eigenvalue weighted by atomic mass is 32.1. The summed E-state index contributed by atoms with van der Waals surface area (Å²) in [6.07, 6.45) is 3.97. The van der Waals surface area contributed by atoms with Gasteiger partial charge in [-0.25, -0.2) is 0 Å². The van der Waals surface area contributed by atoms with Gasteiger partial charge in [0.15, 0.2) is 5.78 Å². The van der Waals surface area contributed by atoms with Gasteiger partial charge in [-0.2, -0.15) is 0 Å². The van der Waals surface area contributed by atoms with Gasteiger partial charge in [0.05, 0.1) is 7.11 Å². The summed E-state index contributed by atoms with van der Waals surface area (Å²) in [6.45, 7) is 5.07. The van der Waals surface area contributed by atoms with Crippen molar-refractivity contribution in [3.05, 3.63) is 77.4 Å². The minimum atomic E-state index is -0.120. The van der Waals surface area contributed by atoms with Crippen LogP contribution in [0.1, 0.15) is 47.2 Å². The van der Waals surface area contributed by atoms with Crippen molar-refractivity contribution in [2.45, 2.75) is 32.2 Å². The molecule has 0 saturated carbocycles. The number of ketones is 1. The van der Waals surface area contributed by atoms with Crippen molar-refractivity contribution in [3.8, 4) is 27.7 Å². The van der Waals surface area contributed by atoms with Crippen molar-refractivity contribution in [3.63, 3.8) is 0 Å². The summed E-state index contributed by atoms with van der Waals surface area (Å²) < 4.78 is 12.5. The first-order valence-electron chi connectivity index (χ1n) is 14.2. The van der Waals surface area contributed by atoms with Gasteiger partial charge in [0.2, 0.25) is 5.91 Å². The number of likely N-dealkylation sites (tertiary alicyclic amines) is 2. The van der Waals surface area contributed by atoms with E-state index < -0.39 is 0 Å². The Hall–Kier alpha value is -3.88. The Kier molecular flexibility index (Phi) is 7.94. The van der Waals surface area contributed by atoms with Crippen LogP contribution in [0.25, 0.3) is 20.5 Å². The molecule has 0 atom stereocenters. The van der Waals surface area contributed by atoms with E-state index >= 15 is 0 Å². The molecular weight excluding hydrogens is 536 g/mol. The van der Waals surface area contributed by atoms with Gasteiger partial charge >= 0.3 is 0 Å². The summed E-state index contributed by atoms with van der Waals surface area (Å²) in [6, 6.07) is 18.5. The number of hydrogen-bond acceptors (Lipinski definition) is 7. The predicted molar refractivity (Wildman–Crippen MR) is 161 cm³/mol. The number of ether oxygens (including phenoxy) is 2. The molecule has 4 aromatic rings. The minimum Gasteiger partial charge on any atom is -0.508 e. The Morgan fingerprint density at radius 2 is 1.78 bits per heavy atom. The molecule has 0 bridgehead atoms. The Balaban J connectivity index is 1.29. The van der Waals surface area contributed by atoms with Crippen LogP contribution in [0.5, 0.6) is 17.2 Å². The van der Waals surface area contributed by atoms with Crippen molar-refractivity contribution in [2.75, 3.05) is 39.9 Å². The molecule has 2 saturated heterocycles. The van der Waals surface area contributed by atoms with Gasteiger partial charge in [0.1, 0.15) is 23.9 Å². The fraction of sp³-hybridized carbons (Fsp3) is 0.333. The van der Waals surface area contributed by atoms with Gasteiger partial charge in [-0.1, -0.05) is 12.1 Å². The molecule has 41 heavy (non-hydrogen) atoms. The summed E-state index contributed by atoms with van der Waals surface area (Å²) in [5, 5.41) is 10.9. The third-order valence-electron chi connectivity index (χ3n) is 7.97. The third-order valence-corrected chi connectivity index (χ3v) is 9.18. The molecule has 3 heterocycles. The lowest BCUT2D eigenvalue weighted by molar-refractivity contribution is -0.128. The van der Waals surface area contributed by atoms with Crippen LogP contribution in [0.3, 0.4) is 0 Å². The number of carbonyl (C=O) groups is 2. The molecule has 6 rings (SSSR count). The zero-order valence-electron chi connectivity index (χ0n) is 23.2. The number of carbonyl (C=O) groups excluding carboxylic acids is 2. The number of thiophene rings is 1. The summed E-state index contributed by atoms with van der Waals surface area (Å²) >= 11 is 1.49. The third kappa shape index (κ3) is 5.80. The van der Waals surface area contributed by atoms with Crippen molar-refractivity contribution in [1.29, 1.82) is 0 Å². The summed E-state index contributed by atoms with van der Waals surface area (Å²) in [7, 11) is 1.59. The molecule has 0 unspecified atom stereocenters. The lowest BCUT2D eigenvalue weighted by atomic mass is 9.96. The molecule has 212 valence electrons. The predicted octanol–water partition coefficient (Wildman–Crippen LogP) is 6.11. The number of phenols is 1. The maximum absolute atomic E-state index is 14.1. The normalized spacial score (nSPS) is 15.6. The van der Waals surface area contributed by atoms with Crippen LogP contribution < -0.4 is 9.47 Å². The van der Waals surface area contributed by atoms with E-state index in [9.17, 15) is 14.7 Å². The number of hydrogen-bond donors (Lipinski definition) is 1. The molecular formula is C33H34N2O5S. The monoisotopic (exact) mass is 570 g/mol. The van der Waals surface area contributed by atoms with Crippen molar-refractivity contribution >= 4 is 33.1 Å². The van der Waals surface area contributed by atoms with E-state index in [1.54, 1.807) is 31.4 Å². The van der Waals surface area contributed by atoms with E-state index in [4.69, 9.17) is 9.47 Å². The average molecular weight is 571 g/mol.